The maximum atomic E-state index is 13.0. The number of halogens is 1. The van der Waals surface area contributed by atoms with E-state index in [9.17, 15) is 9.18 Å². The Morgan fingerprint density at radius 1 is 1.12 bits per heavy atom. The van der Waals surface area contributed by atoms with Gasteiger partial charge in [-0.15, -0.1) is 0 Å². The van der Waals surface area contributed by atoms with E-state index in [1.165, 1.54) is 24.3 Å². The van der Waals surface area contributed by atoms with Crippen molar-refractivity contribution in [1.82, 2.24) is 15.0 Å². The molecular weight excluding hydrogens is 319 g/mol. The Hall–Kier alpha value is -3.54. The summed E-state index contributed by atoms with van der Waals surface area (Å²) in [5, 5.41) is 3.66. The summed E-state index contributed by atoms with van der Waals surface area (Å²) < 4.78 is 13.0. The van der Waals surface area contributed by atoms with Crippen LogP contribution in [-0.2, 0) is 0 Å². The lowest BCUT2D eigenvalue weighted by atomic mass is 10.1. The fourth-order valence-electron chi connectivity index (χ4n) is 2.64. The lowest BCUT2D eigenvalue weighted by molar-refractivity contribution is 0.102. The quantitative estimate of drug-likeness (QED) is 0.595. The SMILES string of the molecule is O=C(Nc1cnc2[nH]cc(-c3cccnc3)c2c1)c1ccc(F)cc1. The largest absolute Gasteiger partial charge is 0.346 e. The molecule has 4 aromatic rings. The van der Waals surface area contributed by atoms with E-state index in [4.69, 9.17) is 0 Å². The van der Waals surface area contributed by atoms with Crippen LogP contribution in [0.3, 0.4) is 0 Å². The molecule has 2 N–H and O–H groups in total. The standard InChI is InChI=1S/C19H13FN4O/c20-14-5-3-12(4-6-14)19(25)24-15-8-16-17(11-23-18(16)22-10-15)13-2-1-7-21-9-13/h1-11H,(H,22,23)(H,24,25). The molecule has 0 atom stereocenters. The number of nitrogens with zero attached hydrogens (tertiary/aromatic N) is 2. The van der Waals surface area contributed by atoms with Gasteiger partial charge in [0.2, 0.25) is 0 Å². The van der Waals surface area contributed by atoms with Crippen LogP contribution >= 0.6 is 0 Å². The molecule has 0 saturated carbocycles. The molecule has 1 amide bonds. The first kappa shape index (κ1) is 15.0. The zero-order chi connectivity index (χ0) is 17.2. The maximum Gasteiger partial charge on any atom is 0.255 e. The predicted molar refractivity (Wildman–Crippen MR) is 93.7 cm³/mol. The Morgan fingerprint density at radius 2 is 1.96 bits per heavy atom. The second-order valence-corrected chi connectivity index (χ2v) is 5.53. The molecule has 3 heterocycles. The first-order valence-corrected chi connectivity index (χ1v) is 7.65. The minimum Gasteiger partial charge on any atom is -0.346 e. The molecule has 6 heteroatoms. The Labute approximate surface area is 142 Å². The van der Waals surface area contributed by atoms with Crippen LogP contribution in [0.25, 0.3) is 22.2 Å². The number of carbonyl (C=O) groups is 1. The highest BCUT2D eigenvalue weighted by atomic mass is 19.1. The molecule has 0 bridgehead atoms. The number of pyridine rings is 2. The number of amides is 1. The van der Waals surface area contributed by atoms with E-state index in [1.54, 1.807) is 18.6 Å². The van der Waals surface area contributed by atoms with Gasteiger partial charge in [0.25, 0.3) is 5.91 Å². The van der Waals surface area contributed by atoms with E-state index in [2.05, 4.69) is 20.3 Å². The van der Waals surface area contributed by atoms with Gasteiger partial charge in [-0.3, -0.25) is 9.78 Å². The average molecular weight is 332 g/mol. The summed E-state index contributed by atoms with van der Waals surface area (Å²) in [5.74, 6) is -0.701. The molecule has 1 aromatic carbocycles. The van der Waals surface area contributed by atoms with Gasteiger partial charge < -0.3 is 10.3 Å². The fraction of sp³-hybridized carbons (Fsp3) is 0. The van der Waals surface area contributed by atoms with Gasteiger partial charge in [0.05, 0.1) is 11.9 Å². The first-order chi connectivity index (χ1) is 12.2. The second-order valence-electron chi connectivity index (χ2n) is 5.53. The molecule has 0 aliphatic carbocycles. The first-order valence-electron chi connectivity index (χ1n) is 7.65. The summed E-state index contributed by atoms with van der Waals surface area (Å²) in [6.07, 6.45) is 6.92. The molecule has 0 aliphatic rings. The number of aromatic nitrogens is 3. The van der Waals surface area contributed by atoms with Gasteiger partial charge >= 0.3 is 0 Å². The van der Waals surface area contributed by atoms with E-state index < -0.39 is 0 Å². The predicted octanol–water partition coefficient (Wildman–Crippen LogP) is 4.02. The van der Waals surface area contributed by atoms with E-state index in [0.717, 1.165) is 22.2 Å². The van der Waals surface area contributed by atoms with Gasteiger partial charge in [-0.05, 0) is 36.4 Å². The Morgan fingerprint density at radius 3 is 2.72 bits per heavy atom. The number of benzene rings is 1. The highest BCUT2D eigenvalue weighted by Crippen LogP contribution is 2.28. The minimum absolute atomic E-state index is 0.320. The van der Waals surface area contributed by atoms with Crippen LogP contribution < -0.4 is 5.32 Å². The van der Waals surface area contributed by atoms with Crippen LogP contribution in [0, 0.1) is 5.82 Å². The highest BCUT2D eigenvalue weighted by Gasteiger charge is 2.11. The van der Waals surface area contributed by atoms with Crippen LogP contribution in [0.15, 0.2) is 67.3 Å². The third kappa shape index (κ3) is 2.97. The number of nitrogens with one attached hydrogen (secondary N) is 2. The molecule has 0 spiro atoms. The van der Waals surface area contributed by atoms with Crippen LogP contribution in [-0.4, -0.2) is 20.9 Å². The van der Waals surface area contributed by atoms with Crippen LogP contribution in [0.2, 0.25) is 0 Å². The van der Waals surface area contributed by atoms with Gasteiger partial charge in [0, 0.05) is 40.7 Å². The van der Waals surface area contributed by atoms with Crippen molar-refractivity contribution in [2.75, 3.05) is 5.32 Å². The number of anilines is 1. The second kappa shape index (κ2) is 6.16. The van der Waals surface area contributed by atoms with Gasteiger partial charge in [-0.25, -0.2) is 9.37 Å². The van der Waals surface area contributed by atoms with Crippen molar-refractivity contribution in [3.05, 3.63) is 78.6 Å². The third-order valence-corrected chi connectivity index (χ3v) is 3.87. The Bertz CT molecular complexity index is 1040. The monoisotopic (exact) mass is 332 g/mol. The van der Waals surface area contributed by atoms with Crippen LogP contribution in [0.4, 0.5) is 10.1 Å². The van der Waals surface area contributed by atoms with E-state index >= 15 is 0 Å². The lowest BCUT2D eigenvalue weighted by Gasteiger charge is -2.06. The molecule has 0 fully saturated rings. The molecule has 5 nitrogen and oxygen atoms in total. The van der Waals surface area contributed by atoms with Crippen molar-refractivity contribution < 1.29 is 9.18 Å². The van der Waals surface area contributed by atoms with E-state index in [0.29, 0.717) is 11.3 Å². The molecule has 4 rings (SSSR count). The number of aromatic amines is 1. The molecule has 3 aromatic heterocycles. The van der Waals surface area contributed by atoms with Crippen LogP contribution in [0.5, 0.6) is 0 Å². The Kier molecular flexibility index (Phi) is 3.70. The van der Waals surface area contributed by atoms with E-state index in [1.807, 2.05) is 24.4 Å². The zero-order valence-electron chi connectivity index (χ0n) is 13.0. The van der Waals surface area contributed by atoms with Crippen molar-refractivity contribution >= 4 is 22.6 Å². The van der Waals surface area contributed by atoms with Gasteiger partial charge in [0.1, 0.15) is 11.5 Å². The topological polar surface area (TPSA) is 70.7 Å². The average Bonchev–Trinajstić information content (AvgIpc) is 3.06. The van der Waals surface area contributed by atoms with Gasteiger partial charge in [-0.2, -0.15) is 0 Å². The summed E-state index contributed by atoms with van der Waals surface area (Å²) in [5.41, 5.74) is 3.57. The highest BCUT2D eigenvalue weighted by molar-refractivity contribution is 6.05. The molecule has 25 heavy (non-hydrogen) atoms. The van der Waals surface area contributed by atoms with Crippen molar-refractivity contribution in [1.29, 1.82) is 0 Å². The number of hydrogen-bond acceptors (Lipinski definition) is 3. The third-order valence-electron chi connectivity index (χ3n) is 3.87. The van der Waals surface area contributed by atoms with Crippen molar-refractivity contribution in [3.8, 4) is 11.1 Å². The van der Waals surface area contributed by atoms with Crippen molar-refractivity contribution in [2.24, 2.45) is 0 Å². The Balaban J connectivity index is 1.67. The van der Waals surface area contributed by atoms with Crippen molar-refractivity contribution in [2.45, 2.75) is 0 Å². The smallest absolute Gasteiger partial charge is 0.255 e. The minimum atomic E-state index is -0.381. The van der Waals surface area contributed by atoms with Crippen molar-refractivity contribution in [3.63, 3.8) is 0 Å². The molecule has 0 aliphatic heterocycles. The maximum absolute atomic E-state index is 13.0. The summed E-state index contributed by atoms with van der Waals surface area (Å²) in [6, 6.07) is 11.1. The number of carbonyl (C=O) groups excluding carboxylic acids is 1. The summed E-state index contributed by atoms with van der Waals surface area (Å²) in [7, 11) is 0. The lowest BCUT2D eigenvalue weighted by Crippen LogP contribution is -2.11. The summed E-state index contributed by atoms with van der Waals surface area (Å²) in [4.78, 5) is 23.9. The fourth-order valence-corrected chi connectivity index (χ4v) is 2.64. The molecule has 0 saturated heterocycles. The molecular formula is C19H13FN4O. The zero-order valence-corrected chi connectivity index (χ0v) is 13.0. The molecule has 122 valence electrons. The summed E-state index contributed by atoms with van der Waals surface area (Å²) in [6.45, 7) is 0. The van der Waals surface area contributed by atoms with Crippen LogP contribution in [0.1, 0.15) is 10.4 Å². The van der Waals surface area contributed by atoms with Gasteiger partial charge in [0.15, 0.2) is 0 Å². The summed E-state index contributed by atoms with van der Waals surface area (Å²) >= 11 is 0. The number of hydrogen-bond donors (Lipinski definition) is 2. The number of fused-ring (bicyclic) bond motifs is 1. The molecule has 0 unspecified atom stereocenters. The number of H-pyrrole nitrogens is 1. The van der Waals surface area contributed by atoms with Gasteiger partial charge in [-0.1, -0.05) is 6.07 Å². The number of rotatable bonds is 3. The normalized spacial score (nSPS) is 10.8. The van der Waals surface area contributed by atoms with E-state index in [-0.39, 0.29) is 11.7 Å². The molecule has 0 radical (unpaired) electrons.